The first kappa shape index (κ1) is 17.0. The van der Waals surface area contributed by atoms with Crippen molar-refractivity contribution in [1.29, 1.82) is 0 Å². The van der Waals surface area contributed by atoms with E-state index in [-0.39, 0.29) is 17.4 Å². The monoisotopic (exact) mass is 364 g/mol. The number of amides is 1. The molecule has 2 aliphatic heterocycles. The molecule has 3 aliphatic rings. The van der Waals surface area contributed by atoms with Crippen molar-refractivity contribution >= 4 is 15.9 Å². The largest absolute Gasteiger partial charge is 0.380 e. The van der Waals surface area contributed by atoms with Crippen molar-refractivity contribution in [3.05, 3.63) is 29.3 Å². The summed E-state index contributed by atoms with van der Waals surface area (Å²) in [6, 6.07) is 5.11. The second kappa shape index (κ2) is 6.07. The second-order valence-corrected chi connectivity index (χ2v) is 9.36. The molecule has 1 amide bonds. The van der Waals surface area contributed by atoms with Crippen LogP contribution >= 0.6 is 0 Å². The highest BCUT2D eigenvalue weighted by atomic mass is 32.2. The molecule has 1 N–H and O–H groups in total. The van der Waals surface area contributed by atoms with Gasteiger partial charge in [0.1, 0.15) is 0 Å². The molecule has 7 heteroatoms. The molecule has 136 valence electrons. The highest BCUT2D eigenvalue weighted by Gasteiger charge is 2.47. The van der Waals surface area contributed by atoms with E-state index < -0.39 is 10.0 Å². The normalized spacial score (nSPS) is 24.8. The molecule has 0 unspecified atom stereocenters. The lowest BCUT2D eigenvalue weighted by Crippen LogP contribution is -2.40. The minimum Gasteiger partial charge on any atom is -0.380 e. The molecule has 2 fully saturated rings. The Kier molecular flexibility index (Phi) is 4.13. The molecule has 1 aromatic carbocycles. The number of rotatable bonds is 4. The summed E-state index contributed by atoms with van der Waals surface area (Å²) >= 11 is 0. The first-order chi connectivity index (χ1) is 11.9. The number of nitrogens with zero attached hydrogens (tertiary/aromatic N) is 1. The van der Waals surface area contributed by atoms with Crippen LogP contribution in [0.4, 0.5) is 0 Å². The fourth-order valence-electron chi connectivity index (χ4n) is 3.57. The van der Waals surface area contributed by atoms with Gasteiger partial charge in [-0.2, -0.15) is 0 Å². The summed E-state index contributed by atoms with van der Waals surface area (Å²) in [4.78, 5) is 14.7. The van der Waals surface area contributed by atoms with Crippen molar-refractivity contribution in [3.63, 3.8) is 0 Å². The van der Waals surface area contributed by atoms with Crippen molar-refractivity contribution in [2.75, 3.05) is 19.8 Å². The van der Waals surface area contributed by atoms with Gasteiger partial charge in [0.15, 0.2) is 0 Å². The maximum Gasteiger partial charge on any atom is 0.240 e. The Morgan fingerprint density at radius 1 is 1.32 bits per heavy atom. The molecule has 1 atom stereocenters. The van der Waals surface area contributed by atoms with Gasteiger partial charge in [-0.1, -0.05) is 13.0 Å². The SMILES string of the molecule is CC1(C(=O)N2CCc3cc(S(=O)(=O)N[C@@H]4CCOC4)ccc3C2)CC1. The third-order valence-corrected chi connectivity index (χ3v) is 7.07. The summed E-state index contributed by atoms with van der Waals surface area (Å²) in [5.41, 5.74) is 1.91. The number of carbonyl (C=O) groups excluding carboxylic acids is 1. The molecule has 4 rings (SSSR count). The van der Waals surface area contributed by atoms with Crippen LogP contribution in [0.5, 0.6) is 0 Å². The fraction of sp³-hybridized carbons (Fsp3) is 0.611. The highest BCUT2D eigenvalue weighted by Crippen LogP contribution is 2.47. The number of nitrogens with one attached hydrogen (secondary N) is 1. The van der Waals surface area contributed by atoms with E-state index in [0.717, 1.165) is 24.0 Å². The van der Waals surface area contributed by atoms with Gasteiger partial charge in [-0.15, -0.1) is 0 Å². The van der Waals surface area contributed by atoms with Crippen LogP contribution in [0.25, 0.3) is 0 Å². The Bertz CT molecular complexity index is 795. The first-order valence-electron chi connectivity index (χ1n) is 8.89. The Morgan fingerprint density at radius 3 is 2.80 bits per heavy atom. The maximum absolute atomic E-state index is 12.6. The van der Waals surface area contributed by atoms with Crippen LogP contribution in [0.3, 0.4) is 0 Å². The van der Waals surface area contributed by atoms with Crippen LogP contribution in [0.1, 0.15) is 37.3 Å². The Morgan fingerprint density at radius 2 is 2.12 bits per heavy atom. The first-order valence-corrected chi connectivity index (χ1v) is 10.4. The zero-order valence-electron chi connectivity index (χ0n) is 14.5. The van der Waals surface area contributed by atoms with Gasteiger partial charge in [-0.05, 0) is 48.9 Å². The summed E-state index contributed by atoms with van der Waals surface area (Å²) in [6.07, 6.45) is 3.36. The van der Waals surface area contributed by atoms with Gasteiger partial charge in [0.05, 0.1) is 11.5 Å². The lowest BCUT2D eigenvalue weighted by Gasteiger charge is -2.31. The zero-order valence-corrected chi connectivity index (χ0v) is 15.3. The van der Waals surface area contributed by atoms with Gasteiger partial charge in [0, 0.05) is 31.2 Å². The van der Waals surface area contributed by atoms with Crippen LogP contribution in [-0.2, 0) is 32.5 Å². The fourth-order valence-corrected chi connectivity index (χ4v) is 4.87. The third-order valence-electron chi connectivity index (χ3n) is 5.56. The van der Waals surface area contributed by atoms with Crippen LogP contribution in [0.15, 0.2) is 23.1 Å². The minimum absolute atomic E-state index is 0.145. The van der Waals surface area contributed by atoms with Gasteiger partial charge < -0.3 is 9.64 Å². The lowest BCUT2D eigenvalue weighted by molar-refractivity contribution is -0.137. The zero-order chi connectivity index (χ0) is 17.7. The summed E-state index contributed by atoms with van der Waals surface area (Å²) in [5, 5.41) is 0. The maximum atomic E-state index is 12.6. The molecule has 1 saturated carbocycles. The molecular formula is C18H24N2O4S. The van der Waals surface area contributed by atoms with E-state index in [9.17, 15) is 13.2 Å². The number of ether oxygens (including phenoxy) is 1. The second-order valence-electron chi connectivity index (χ2n) is 7.65. The van der Waals surface area contributed by atoms with Crippen LogP contribution in [0.2, 0.25) is 0 Å². The van der Waals surface area contributed by atoms with E-state index in [2.05, 4.69) is 4.72 Å². The molecule has 0 spiro atoms. The molecule has 0 radical (unpaired) electrons. The average Bonchev–Trinajstić information content (AvgIpc) is 3.14. The lowest BCUT2D eigenvalue weighted by atomic mass is 9.98. The molecular weight excluding hydrogens is 340 g/mol. The average molecular weight is 364 g/mol. The number of hydrogen-bond donors (Lipinski definition) is 1. The Balaban J connectivity index is 1.50. The summed E-state index contributed by atoms with van der Waals surface area (Å²) in [7, 11) is -3.53. The van der Waals surface area contributed by atoms with E-state index in [0.29, 0.717) is 44.0 Å². The van der Waals surface area contributed by atoms with Crippen molar-refractivity contribution < 1.29 is 17.9 Å². The van der Waals surface area contributed by atoms with Crippen molar-refractivity contribution in [3.8, 4) is 0 Å². The van der Waals surface area contributed by atoms with Gasteiger partial charge in [-0.3, -0.25) is 4.79 Å². The van der Waals surface area contributed by atoms with Gasteiger partial charge in [0.25, 0.3) is 0 Å². The van der Waals surface area contributed by atoms with Gasteiger partial charge in [-0.25, -0.2) is 13.1 Å². The molecule has 1 saturated heterocycles. The molecule has 0 aromatic heterocycles. The number of carbonyl (C=O) groups is 1. The van der Waals surface area contributed by atoms with Crippen LogP contribution < -0.4 is 4.72 Å². The summed E-state index contributed by atoms with van der Waals surface area (Å²) in [6.45, 7) is 4.29. The molecule has 0 bridgehead atoms. The van der Waals surface area contributed by atoms with Crippen molar-refractivity contribution in [1.82, 2.24) is 9.62 Å². The summed E-state index contributed by atoms with van der Waals surface area (Å²) in [5.74, 6) is 0.234. The van der Waals surface area contributed by atoms with E-state index >= 15 is 0 Å². The van der Waals surface area contributed by atoms with Crippen molar-refractivity contribution in [2.45, 2.75) is 50.1 Å². The van der Waals surface area contributed by atoms with Gasteiger partial charge >= 0.3 is 0 Å². The van der Waals surface area contributed by atoms with E-state index in [1.54, 1.807) is 12.1 Å². The highest BCUT2D eigenvalue weighted by molar-refractivity contribution is 7.89. The molecule has 1 aliphatic carbocycles. The van der Waals surface area contributed by atoms with E-state index in [1.807, 2.05) is 17.9 Å². The molecule has 1 aromatic rings. The molecule has 25 heavy (non-hydrogen) atoms. The summed E-state index contributed by atoms with van der Waals surface area (Å²) < 4.78 is 33.1. The predicted octanol–water partition coefficient (Wildman–Crippen LogP) is 1.44. The molecule has 2 heterocycles. The number of fused-ring (bicyclic) bond motifs is 1. The Labute approximate surface area is 148 Å². The van der Waals surface area contributed by atoms with Crippen LogP contribution in [0, 0.1) is 5.41 Å². The quantitative estimate of drug-likeness (QED) is 0.877. The molecule has 6 nitrogen and oxygen atoms in total. The number of benzene rings is 1. The third kappa shape index (κ3) is 3.32. The number of hydrogen-bond acceptors (Lipinski definition) is 4. The van der Waals surface area contributed by atoms with Crippen molar-refractivity contribution in [2.24, 2.45) is 5.41 Å². The number of sulfonamides is 1. The Hall–Kier alpha value is -1.44. The standard InChI is InChI=1S/C18H24N2O4S/c1-18(6-7-18)17(21)20-8-4-13-10-16(3-2-14(13)11-20)25(22,23)19-15-5-9-24-12-15/h2-3,10,15,19H,4-9,11-12H2,1H3/t15-/m1/s1. The van der Waals surface area contributed by atoms with E-state index in [1.165, 1.54) is 0 Å². The van der Waals surface area contributed by atoms with Gasteiger partial charge in [0.2, 0.25) is 15.9 Å². The van der Waals surface area contributed by atoms with E-state index in [4.69, 9.17) is 4.74 Å². The van der Waals surface area contributed by atoms with Crippen LogP contribution in [-0.4, -0.2) is 45.0 Å². The topological polar surface area (TPSA) is 75.7 Å². The predicted molar refractivity (Wildman–Crippen MR) is 92.4 cm³/mol. The minimum atomic E-state index is -3.53. The smallest absolute Gasteiger partial charge is 0.240 e.